The summed E-state index contributed by atoms with van der Waals surface area (Å²) in [5, 5.41) is 16.8. The van der Waals surface area contributed by atoms with E-state index in [0.29, 0.717) is 6.54 Å². The third kappa shape index (κ3) is 1.88. The first-order valence-corrected chi connectivity index (χ1v) is 4.42. The summed E-state index contributed by atoms with van der Waals surface area (Å²) in [6.07, 6.45) is 1.48. The average molecular weight is 171 g/mol. The van der Waals surface area contributed by atoms with Gasteiger partial charge in [-0.3, -0.25) is 5.41 Å². The third-order valence-corrected chi connectivity index (χ3v) is 2.56. The van der Waals surface area contributed by atoms with E-state index in [4.69, 9.17) is 11.1 Å². The van der Waals surface area contributed by atoms with Crippen molar-refractivity contribution in [2.45, 2.75) is 25.9 Å². The summed E-state index contributed by atoms with van der Waals surface area (Å²) in [6.45, 7) is 3.50. The van der Waals surface area contributed by atoms with E-state index in [0.717, 1.165) is 19.4 Å². The molecule has 1 heterocycles. The zero-order valence-corrected chi connectivity index (χ0v) is 7.45. The first-order valence-electron chi connectivity index (χ1n) is 4.42. The summed E-state index contributed by atoms with van der Waals surface area (Å²) < 4.78 is 0. The van der Waals surface area contributed by atoms with E-state index in [1.165, 1.54) is 0 Å². The monoisotopic (exact) mass is 171 g/mol. The first-order chi connectivity index (χ1) is 5.65. The van der Waals surface area contributed by atoms with Gasteiger partial charge in [0.1, 0.15) is 0 Å². The lowest BCUT2D eigenvalue weighted by molar-refractivity contribution is 0.0476. The van der Waals surface area contributed by atoms with Crippen LogP contribution in [0.15, 0.2) is 0 Å². The molecule has 0 radical (unpaired) electrons. The molecule has 1 rings (SSSR count). The highest BCUT2D eigenvalue weighted by atomic mass is 16.3. The van der Waals surface area contributed by atoms with Crippen LogP contribution < -0.4 is 5.73 Å². The lowest BCUT2D eigenvalue weighted by atomic mass is 9.93. The third-order valence-electron chi connectivity index (χ3n) is 2.56. The molecule has 0 unspecified atom stereocenters. The molecule has 1 aliphatic rings. The summed E-state index contributed by atoms with van der Waals surface area (Å²) in [4.78, 5) is 1.82. The van der Waals surface area contributed by atoms with Crippen molar-refractivity contribution < 1.29 is 5.11 Å². The molecule has 0 aromatic carbocycles. The Balaban J connectivity index is 2.49. The van der Waals surface area contributed by atoms with Gasteiger partial charge >= 0.3 is 0 Å². The Kier molecular flexibility index (Phi) is 2.92. The summed E-state index contributed by atoms with van der Waals surface area (Å²) >= 11 is 0. The smallest absolute Gasteiger partial charge is 0.188 e. The fourth-order valence-corrected chi connectivity index (χ4v) is 1.64. The van der Waals surface area contributed by atoms with Gasteiger partial charge in [-0.15, -0.1) is 0 Å². The minimum Gasteiger partial charge on any atom is -0.393 e. The molecule has 0 aromatic rings. The van der Waals surface area contributed by atoms with Crippen LogP contribution >= 0.6 is 0 Å². The van der Waals surface area contributed by atoms with Crippen LogP contribution in [0.25, 0.3) is 0 Å². The summed E-state index contributed by atoms with van der Waals surface area (Å²) in [7, 11) is 0. The Labute approximate surface area is 72.9 Å². The number of likely N-dealkylation sites (tertiary alicyclic amines) is 1. The predicted octanol–water partition coefficient (Wildman–Crippen LogP) is -0.0273. The predicted molar refractivity (Wildman–Crippen MR) is 47.9 cm³/mol. The molecule has 2 atom stereocenters. The lowest BCUT2D eigenvalue weighted by Crippen LogP contribution is -2.48. The second kappa shape index (κ2) is 3.76. The van der Waals surface area contributed by atoms with Gasteiger partial charge in [0.2, 0.25) is 0 Å². The molecule has 4 N–H and O–H groups in total. The maximum atomic E-state index is 9.53. The van der Waals surface area contributed by atoms with Crippen molar-refractivity contribution in [2.24, 2.45) is 11.7 Å². The summed E-state index contributed by atoms with van der Waals surface area (Å²) in [5.41, 5.74) is 5.36. The van der Waals surface area contributed by atoms with Crippen molar-refractivity contribution in [2.75, 3.05) is 13.1 Å². The van der Waals surface area contributed by atoms with Crippen molar-refractivity contribution in [1.29, 1.82) is 5.41 Å². The number of hydrogen-bond acceptors (Lipinski definition) is 2. The van der Waals surface area contributed by atoms with Gasteiger partial charge < -0.3 is 15.7 Å². The number of rotatable bonds is 1. The molecule has 4 nitrogen and oxygen atoms in total. The number of nitrogens with two attached hydrogens (primary N) is 1. The summed E-state index contributed by atoms with van der Waals surface area (Å²) in [6, 6.07) is 0. The zero-order valence-electron chi connectivity index (χ0n) is 7.45. The molecule has 12 heavy (non-hydrogen) atoms. The highest BCUT2D eigenvalue weighted by Gasteiger charge is 2.26. The van der Waals surface area contributed by atoms with Gasteiger partial charge in [-0.25, -0.2) is 0 Å². The van der Waals surface area contributed by atoms with Gasteiger partial charge in [-0.2, -0.15) is 0 Å². The van der Waals surface area contributed by atoms with Crippen molar-refractivity contribution in [1.82, 2.24) is 4.90 Å². The quantitative estimate of drug-likeness (QED) is 0.383. The molecule has 4 heteroatoms. The standard InChI is InChI=1S/C8H17N3O/c1-2-6-5-11(8(9)10)4-3-7(6)12/h6-7,12H,2-5H2,1H3,(H3,9,10)/t6-,7+/m0/s1. The number of piperidine rings is 1. The van der Waals surface area contributed by atoms with Gasteiger partial charge in [0.15, 0.2) is 5.96 Å². The fraction of sp³-hybridized carbons (Fsp3) is 0.875. The maximum absolute atomic E-state index is 9.53. The molecule has 70 valence electrons. The molecular formula is C8H17N3O. The van der Waals surface area contributed by atoms with Crippen LogP contribution in [0.1, 0.15) is 19.8 Å². The number of aliphatic hydroxyl groups excluding tert-OH is 1. The Hall–Kier alpha value is -0.770. The molecule has 0 aromatic heterocycles. The van der Waals surface area contributed by atoms with Crippen LogP contribution in [-0.2, 0) is 0 Å². The second-order valence-corrected chi connectivity index (χ2v) is 3.36. The lowest BCUT2D eigenvalue weighted by Gasteiger charge is -2.35. The normalized spacial score (nSPS) is 30.3. The number of aliphatic hydroxyl groups is 1. The van der Waals surface area contributed by atoms with Gasteiger partial charge in [0.25, 0.3) is 0 Å². The minimum atomic E-state index is -0.203. The molecule has 0 aliphatic carbocycles. The van der Waals surface area contributed by atoms with E-state index >= 15 is 0 Å². The molecule has 0 saturated carbocycles. The van der Waals surface area contributed by atoms with Gasteiger partial charge in [0, 0.05) is 19.0 Å². The largest absolute Gasteiger partial charge is 0.393 e. The Morgan fingerprint density at radius 2 is 2.42 bits per heavy atom. The summed E-state index contributed by atoms with van der Waals surface area (Å²) in [5.74, 6) is 0.406. The van der Waals surface area contributed by atoms with Crippen molar-refractivity contribution in [3.63, 3.8) is 0 Å². The molecule has 0 bridgehead atoms. The molecule has 1 fully saturated rings. The number of hydrogen-bond donors (Lipinski definition) is 3. The van der Waals surface area contributed by atoms with Crippen LogP contribution in [0.2, 0.25) is 0 Å². The first kappa shape index (κ1) is 9.32. The molecule has 0 amide bonds. The fourth-order valence-electron chi connectivity index (χ4n) is 1.64. The van der Waals surface area contributed by atoms with Gasteiger partial charge in [0.05, 0.1) is 6.10 Å². The van der Waals surface area contributed by atoms with Crippen molar-refractivity contribution >= 4 is 5.96 Å². The maximum Gasteiger partial charge on any atom is 0.188 e. The van der Waals surface area contributed by atoms with E-state index in [9.17, 15) is 5.11 Å². The van der Waals surface area contributed by atoms with Gasteiger partial charge in [-0.1, -0.05) is 6.92 Å². The van der Waals surface area contributed by atoms with Crippen LogP contribution in [-0.4, -0.2) is 35.2 Å². The van der Waals surface area contributed by atoms with Crippen LogP contribution in [0.4, 0.5) is 0 Å². The highest BCUT2D eigenvalue weighted by molar-refractivity contribution is 5.74. The minimum absolute atomic E-state index is 0.125. The Bertz CT molecular complexity index is 172. The van der Waals surface area contributed by atoms with E-state index in [1.54, 1.807) is 0 Å². The average Bonchev–Trinajstić information content (AvgIpc) is 2.05. The molecule has 0 spiro atoms. The molecule has 1 aliphatic heterocycles. The Morgan fingerprint density at radius 1 is 1.75 bits per heavy atom. The van der Waals surface area contributed by atoms with Crippen molar-refractivity contribution in [3.8, 4) is 0 Å². The molecular weight excluding hydrogens is 154 g/mol. The van der Waals surface area contributed by atoms with Crippen LogP contribution in [0.3, 0.4) is 0 Å². The Morgan fingerprint density at radius 3 is 2.92 bits per heavy atom. The number of nitrogens with zero attached hydrogens (tertiary/aromatic N) is 1. The van der Waals surface area contributed by atoms with Gasteiger partial charge in [-0.05, 0) is 12.8 Å². The van der Waals surface area contributed by atoms with E-state index in [-0.39, 0.29) is 18.0 Å². The van der Waals surface area contributed by atoms with E-state index in [1.807, 2.05) is 4.90 Å². The topological polar surface area (TPSA) is 73.3 Å². The second-order valence-electron chi connectivity index (χ2n) is 3.36. The molecule has 1 saturated heterocycles. The van der Waals surface area contributed by atoms with Crippen LogP contribution in [0.5, 0.6) is 0 Å². The zero-order chi connectivity index (χ0) is 9.14. The van der Waals surface area contributed by atoms with Crippen molar-refractivity contribution in [3.05, 3.63) is 0 Å². The van der Waals surface area contributed by atoms with E-state index in [2.05, 4.69) is 6.92 Å². The number of nitrogens with one attached hydrogen (secondary N) is 1. The van der Waals surface area contributed by atoms with E-state index < -0.39 is 0 Å². The number of guanidine groups is 1. The van der Waals surface area contributed by atoms with Crippen LogP contribution in [0, 0.1) is 11.3 Å². The SMILES string of the molecule is CC[C@H]1CN(C(=N)N)CC[C@H]1O. The highest BCUT2D eigenvalue weighted by Crippen LogP contribution is 2.19.